The van der Waals surface area contributed by atoms with Gasteiger partial charge in [-0.2, -0.15) is 0 Å². The van der Waals surface area contributed by atoms with Crippen LogP contribution in [0.2, 0.25) is 0 Å². The Morgan fingerprint density at radius 2 is 2.23 bits per heavy atom. The number of hydrogen-bond donors (Lipinski definition) is 1. The number of nitrogens with zero attached hydrogens (tertiary/aromatic N) is 1. The van der Waals surface area contributed by atoms with Crippen LogP contribution in [0.3, 0.4) is 0 Å². The van der Waals surface area contributed by atoms with Crippen LogP contribution in [0.5, 0.6) is 5.75 Å². The lowest BCUT2D eigenvalue weighted by atomic mass is 10.2. The highest BCUT2D eigenvalue weighted by Crippen LogP contribution is 2.26. The van der Waals surface area contributed by atoms with E-state index in [-0.39, 0.29) is 17.0 Å². The Morgan fingerprint density at radius 1 is 1.62 bits per heavy atom. The van der Waals surface area contributed by atoms with E-state index >= 15 is 0 Å². The molecule has 3 nitrogen and oxygen atoms in total. The summed E-state index contributed by atoms with van der Waals surface area (Å²) < 4.78 is 24.4. The number of alkyl halides is 2. The van der Waals surface area contributed by atoms with Crippen molar-refractivity contribution < 1.29 is 18.7 Å². The van der Waals surface area contributed by atoms with Crippen molar-refractivity contribution in [1.29, 1.82) is 0 Å². The molecule has 0 saturated heterocycles. The molecule has 0 aliphatic carbocycles. The molecule has 5 heteroatoms. The van der Waals surface area contributed by atoms with Gasteiger partial charge in [-0.3, -0.25) is 4.79 Å². The van der Waals surface area contributed by atoms with E-state index in [1.807, 2.05) is 0 Å². The molecule has 1 aromatic heterocycles. The number of aryl methyl sites for hydroxylation is 1. The second kappa shape index (κ2) is 3.47. The minimum Gasteiger partial charge on any atom is -0.506 e. The maximum absolute atomic E-state index is 12.2. The van der Waals surface area contributed by atoms with E-state index in [4.69, 9.17) is 5.11 Å². The lowest BCUT2D eigenvalue weighted by molar-refractivity contribution is 0.111. The zero-order valence-electron chi connectivity index (χ0n) is 6.79. The number of hydrogen-bond acceptors (Lipinski definition) is 3. The predicted molar refractivity (Wildman–Crippen MR) is 41.0 cm³/mol. The van der Waals surface area contributed by atoms with Gasteiger partial charge in [0.15, 0.2) is 6.29 Å². The van der Waals surface area contributed by atoms with Crippen molar-refractivity contribution in [2.24, 2.45) is 0 Å². The van der Waals surface area contributed by atoms with E-state index in [1.54, 1.807) is 0 Å². The fraction of sp³-hybridized carbons (Fsp3) is 0.250. The van der Waals surface area contributed by atoms with E-state index in [0.29, 0.717) is 6.29 Å². The van der Waals surface area contributed by atoms with Gasteiger partial charge >= 0.3 is 0 Å². The molecule has 1 rings (SSSR count). The Hall–Kier alpha value is -1.52. The molecule has 0 saturated carbocycles. The summed E-state index contributed by atoms with van der Waals surface area (Å²) in [5.41, 5.74) is -0.528. The van der Waals surface area contributed by atoms with E-state index < -0.39 is 12.2 Å². The fourth-order valence-electron chi connectivity index (χ4n) is 0.936. The summed E-state index contributed by atoms with van der Waals surface area (Å²) in [6.07, 6.45) is -2.38. The van der Waals surface area contributed by atoms with Crippen LogP contribution in [0.15, 0.2) is 6.07 Å². The Balaban J connectivity index is 3.28. The number of aromatic hydroxyl groups is 1. The molecule has 0 amide bonds. The third-order valence-electron chi connectivity index (χ3n) is 1.61. The zero-order chi connectivity index (χ0) is 10.0. The number of aldehydes is 1. The van der Waals surface area contributed by atoms with E-state index in [1.165, 1.54) is 6.92 Å². The van der Waals surface area contributed by atoms with E-state index in [2.05, 4.69) is 4.98 Å². The van der Waals surface area contributed by atoms with Gasteiger partial charge in [0, 0.05) is 11.3 Å². The molecule has 13 heavy (non-hydrogen) atoms. The minimum atomic E-state index is -2.70. The second-order valence-electron chi connectivity index (χ2n) is 2.49. The van der Waals surface area contributed by atoms with Gasteiger partial charge in [-0.1, -0.05) is 0 Å². The first-order valence-corrected chi connectivity index (χ1v) is 3.50. The smallest absolute Gasteiger partial charge is 0.265 e. The first kappa shape index (κ1) is 9.57. The highest BCUT2D eigenvalue weighted by molar-refractivity contribution is 5.76. The first-order valence-electron chi connectivity index (χ1n) is 3.50. The summed E-state index contributed by atoms with van der Waals surface area (Å²) in [5.74, 6) is -0.518. The van der Waals surface area contributed by atoms with Gasteiger partial charge in [0.25, 0.3) is 6.43 Å². The maximum Gasteiger partial charge on any atom is 0.265 e. The average molecular weight is 187 g/mol. The van der Waals surface area contributed by atoms with Crippen LogP contribution < -0.4 is 0 Å². The molecule has 0 aromatic carbocycles. The molecule has 1 heterocycles. The molecule has 0 atom stereocenters. The predicted octanol–water partition coefficient (Wildman–Crippen LogP) is 1.85. The van der Waals surface area contributed by atoms with Crippen molar-refractivity contribution in [1.82, 2.24) is 4.98 Å². The SMILES string of the molecule is Cc1nc(C=O)c(O)cc1C(F)F. The Morgan fingerprint density at radius 3 is 2.69 bits per heavy atom. The summed E-state index contributed by atoms with van der Waals surface area (Å²) in [5, 5.41) is 9.04. The van der Waals surface area contributed by atoms with Crippen LogP contribution in [0.4, 0.5) is 8.78 Å². The Labute approximate surface area is 73.0 Å². The minimum absolute atomic E-state index is 0.0508. The third-order valence-corrected chi connectivity index (χ3v) is 1.61. The Kier molecular flexibility index (Phi) is 2.55. The summed E-state index contributed by atoms with van der Waals surface area (Å²) in [6.45, 7) is 1.36. The normalized spacial score (nSPS) is 10.5. The number of halogens is 2. The van der Waals surface area contributed by atoms with Crippen molar-refractivity contribution in [2.75, 3.05) is 0 Å². The van der Waals surface area contributed by atoms with Crippen LogP contribution >= 0.6 is 0 Å². The van der Waals surface area contributed by atoms with Crippen LogP contribution in [-0.2, 0) is 0 Å². The topological polar surface area (TPSA) is 50.2 Å². The van der Waals surface area contributed by atoms with Crippen molar-refractivity contribution in [3.8, 4) is 5.75 Å². The molecular formula is C8H7F2NO2. The Bertz CT molecular complexity index is 339. The molecule has 1 N–H and O–H groups in total. The van der Waals surface area contributed by atoms with Crippen molar-refractivity contribution in [3.63, 3.8) is 0 Å². The molecule has 0 bridgehead atoms. The molecule has 1 aromatic rings. The number of carbonyl (C=O) groups excluding carboxylic acids is 1. The fourth-order valence-corrected chi connectivity index (χ4v) is 0.936. The van der Waals surface area contributed by atoms with Gasteiger partial charge in [-0.25, -0.2) is 13.8 Å². The number of carbonyl (C=O) groups is 1. The lowest BCUT2D eigenvalue weighted by Gasteiger charge is -2.05. The van der Waals surface area contributed by atoms with Crippen molar-refractivity contribution >= 4 is 6.29 Å². The number of pyridine rings is 1. The standard InChI is InChI=1S/C8H7F2NO2/c1-4-5(8(9)10)2-7(13)6(3-12)11-4/h2-3,8,13H,1H3. The monoisotopic (exact) mass is 187 g/mol. The maximum atomic E-state index is 12.2. The summed E-state index contributed by atoms with van der Waals surface area (Å²) >= 11 is 0. The second-order valence-corrected chi connectivity index (χ2v) is 2.49. The quantitative estimate of drug-likeness (QED) is 0.718. The van der Waals surface area contributed by atoms with Gasteiger partial charge in [-0.05, 0) is 13.0 Å². The van der Waals surface area contributed by atoms with E-state index in [0.717, 1.165) is 6.07 Å². The third kappa shape index (κ3) is 1.80. The summed E-state index contributed by atoms with van der Waals surface area (Å²) in [4.78, 5) is 13.8. The highest BCUT2D eigenvalue weighted by Gasteiger charge is 2.14. The molecule has 0 aliphatic heterocycles. The molecule has 0 radical (unpaired) electrons. The molecule has 0 fully saturated rings. The van der Waals surface area contributed by atoms with Crippen LogP contribution in [0.25, 0.3) is 0 Å². The molecule has 70 valence electrons. The average Bonchev–Trinajstić information content (AvgIpc) is 2.07. The van der Waals surface area contributed by atoms with Gasteiger partial charge in [0.05, 0.1) is 0 Å². The molecule has 0 spiro atoms. The number of rotatable bonds is 2. The van der Waals surface area contributed by atoms with Gasteiger partial charge in [0.2, 0.25) is 0 Å². The van der Waals surface area contributed by atoms with Crippen LogP contribution in [0.1, 0.15) is 28.2 Å². The zero-order valence-corrected chi connectivity index (χ0v) is 6.79. The summed E-state index contributed by atoms with van der Waals surface area (Å²) in [6, 6.07) is 0.858. The van der Waals surface area contributed by atoms with Crippen molar-refractivity contribution in [2.45, 2.75) is 13.3 Å². The van der Waals surface area contributed by atoms with Crippen LogP contribution in [-0.4, -0.2) is 16.4 Å². The highest BCUT2D eigenvalue weighted by atomic mass is 19.3. The van der Waals surface area contributed by atoms with Crippen molar-refractivity contribution in [3.05, 3.63) is 23.0 Å². The molecule has 0 unspecified atom stereocenters. The van der Waals surface area contributed by atoms with E-state index in [9.17, 15) is 13.6 Å². The number of aromatic nitrogens is 1. The first-order chi connectivity index (χ1) is 6.06. The summed E-state index contributed by atoms with van der Waals surface area (Å²) in [7, 11) is 0. The lowest BCUT2D eigenvalue weighted by Crippen LogP contribution is -1.97. The largest absolute Gasteiger partial charge is 0.506 e. The van der Waals surface area contributed by atoms with Gasteiger partial charge in [0.1, 0.15) is 11.4 Å². The van der Waals surface area contributed by atoms with Gasteiger partial charge < -0.3 is 5.11 Å². The van der Waals surface area contributed by atoms with Gasteiger partial charge in [-0.15, -0.1) is 0 Å². The molecular weight excluding hydrogens is 180 g/mol. The molecule has 0 aliphatic rings. The van der Waals surface area contributed by atoms with Crippen LogP contribution in [0, 0.1) is 6.92 Å².